The predicted molar refractivity (Wildman–Crippen MR) is 86.4 cm³/mol. The molecular weight excluding hydrogens is 288 g/mol. The van der Waals surface area contributed by atoms with Crippen molar-refractivity contribution in [2.75, 3.05) is 5.32 Å². The molecule has 5 heteroatoms. The third kappa shape index (κ3) is 5.19. The zero-order valence-corrected chi connectivity index (χ0v) is 12.3. The molecule has 0 aromatic heterocycles. The molecule has 1 atom stereocenters. The van der Waals surface area contributed by atoms with E-state index in [1.807, 2.05) is 30.3 Å². The average molecular weight is 307 g/mol. The predicted octanol–water partition coefficient (Wildman–Crippen LogP) is 2.11. The van der Waals surface area contributed by atoms with Crippen LogP contribution in [0.2, 0.25) is 0 Å². The fraction of sp³-hybridized carbons (Fsp3) is 0.188. The molecule has 0 fully saturated rings. The second-order valence-corrected chi connectivity index (χ2v) is 4.64. The van der Waals surface area contributed by atoms with Gasteiger partial charge in [0.15, 0.2) is 0 Å². The Bertz CT molecular complexity index is 575. The van der Waals surface area contributed by atoms with Crippen molar-refractivity contribution in [3.05, 3.63) is 65.7 Å². The third-order valence-corrected chi connectivity index (χ3v) is 3.01. The number of nitrogens with two attached hydrogens (primary N) is 1. The fourth-order valence-corrected chi connectivity index (χ4v) is 1.94. The Kier molecular flexibility index (Phi) is 6.88. The molecular formula is C16H19ClN2O2. The zero-order chi connectivity index (χ0) is 14.4. The molecule has 0 unspecified atom stereocenters. The summed E-state index contributed by atoms with van der Waals surface area (Å²) in [6.07, 6.45) is 0.492. The van der Waals surface area contributed by atoms with E-state index in [2.05, 4.69) is 5.32 Å². The van der Waals surface area contributed by atoms with Gasteiger partial charge in [0.25, 0.3) is 0 Å². The molecule has 0 radical (unpaired) electrons. The molecule has 0 aliphatic carbocycles. The minimum atomic E-state index is -0.602. The second-order valence-electron chi connectivity index (χ2n) is 4.64. The van der Waals surface area contributed by atoms with E-state index in [0.717, 1.165) is 11.1 Å². The molecule has 4 nitrogen and oxygen atoms in total. The van der Waals surface area contributed by atoms with Crippen LogP contribution >= 0.6 is 12.4 Å². The number of hydrogen-bond acceptors (Lipinski definition) is 3. The van der Waals surface area contributed by atoms with Gasteiger partial charge in [0.1, 0.15) is 0 Å². The van der Waals surface area contributed by atoms with E-state index >= 15 is 0 Å². The molecule has 2 aromatic carbocycles. The number of aliphatic hydroxyl groups is 1. The van der Waals surface area contributed by atoms with Crippen molar-refractivity contribution in [1.29, 1.82) is 0 Å². The maximum absolute atomic E-state index is 12.0. The Labute approximate surface area is 130 Å². The lowest BCUT2D eigenvalue weighted by Gasteiger charge is -2.13. The lowest BCUT2D eigenvalue weighted by atomic mass is 10.1. The topological polar surface area (TPSA) is 75.4 Å². The van der Waals surface area contributed by atoms with Gasteiger partial charge >= 0.3 is 0 Å². The molecule has 21 heavy (non-hydrogen) atoms. The monoisotopic (exact) mass is 306 g/mol. The SMILES string of the molecule is Cl.N[C@@H](Cc1ccccc1)C(=O)Nc1cccc(CO)c1. The number of benzene rings is 2. The number of carbonyl (C=O) groups excluding carboxylic acids is 1. The van der Waals surface area contributed by atoms with E-state index in [1.54, 1.807) is 24.3 Å². The first-order valence-corrected chi connectivity index (χ1v) is 6.49. The fourth-order valence-electron chi connectivity index (χ4n) is 1.94. The summed E-state index contributed by atoms with van der Waals surface area (Å²) in [5.74, 6) is -0.232. The Morgan fingerprint density at radius 3 is 2.43 bits per heavy atom. The molecule has 0 aliphatic rings. The van der Waals surface area contributed by atoms with Crippen LogP contribution in [0.5, 0.6) is 0 Å². The maximum atomic E-state index is 12.0. The maximum Gasteiger partial charge on any atom is 0.241 e. The molecule has 2 aromatic rings. The number of hydrogen-bond donors (Lipinski definition) is 3. The van der Waals surface area contributed by atoms with Crippen LogP contribution in [0.15, 0.2) is 54.6 Å². The van der Waals surface area contributed by atoms with E-state index in [1.165, 1.54) is 0 Å². The molecule has 0 saturated heterocycles. The second kappa shape index (κ2) is 8.42. The highest BCUT2D eigenvalue weighted by Crippen LogP contribution is 2.11. The van der Waals surface area contributed by atoms with Crippen LogP contribution in [0.4, 0.5) is 5.69 Å². The largest absolute Gasteiger partial charge is 0.392 e. The van der Waals surface area contributed by atoms with Gasteiger partial charge in [-0.05, 0) is 29.7 Å². The van der Waals surface area contributed by atoms with E-state index in [0.29, 0.717) is 12.1 Å². The van der Waals surface area contributed by atoms with Crippen LogP contribution in [-0.4, -0.2) is 17.1 Å². The highest BCUT2D eigenvalue weighted by atomic mass is 35.5. The number of rotatable bonds is 5. The highest BCUT2D eigenvalue weighted by Gasteiger charge is 2.14. The van der Waals surface area contributed by atoms with Crippen LogP contribution in [0.25, 0.3) is 0 Å². The lowest BCUT2D eigenvalue weighted by molar-refractivity contribution is -0.117. The van der Waals surface area contributed by atoms with Crippen LogP contribution < -0.4 is 11.1 Å². The van der Waals surface area contributed by atoms with Gasteiger partial charge in [-0.25, -0.2) is 0 Å². The molecule has 1 amide bonds. The molecule has 4 N–H and O–H groups in total. The van der Waals surface area contributed by atoms with Crippen molar-refractivity contribution in [2.24, 2.45) is 5.73 Å². The summed E-state index contributed by atoms with van der Waals surface area (Å²) in [6, 6.07) is 16.1. The normalized spacial score (nSPS) is 11.3. The Balaban J connectivity index is 0.00000220. The number of halogens is 1. The number of amides is 1. The highest BCUT2D eigenvalue weighted by molar-refractivity contribution is 5.94. The van der Waals surface area contributed by atoms with Gasteiger partial charge in [-0.2, -0.15) is 0 Å². The first kappa shape index (κ1) is 17.2. The van der Waals surface area contributed by atoms with Crippen molar-refractivity contribution in [3.8, 4) is 0 Å². The van der Waals surface area contributed by atoms with Crippen molar-refractivity contribution in [2.45, 2.75) is 19.1 Å². The van der Waals surface area contributed by atoms with E-state index in [9.17, 15) is 4.79 Å². The average Bonchev–Trinajstić information content (AvgIpc) is 2.48. The number of aliphatic hydroxyl groups excluding tert-OH is 1. The summed E-state index contributed by atoms with van der Waals surface area (Å²) in [7, 11) is 0. The Morgan fingerprint density at radius 1 is 1.10 bits per heavy atom. The molecule has 0 spiro atoms. The quantitative estimate of drug-likeness (QED) is 0.792. The van der Waals surface area contributed by atoms with Gasteiger partial charge in [-0.3, -0.25) is 4.79 Å². The summed E-state index contributed by atoms with van der Waals surface area (Å²) >= 11 is 0. The third-order valence-electron chi connectivity index (χ3n) is 3.01. The van der Waals surface area contributed by atoms with Crippen LogP contribution in [0.3, 0.4) is 0 Å². The molecule has 0 heterocycles. The van der Waals surface area contributed by atoms with E-state index < -0.39 is 6.04 Å². The van der Waals surface area contributed by atoms with Crippen molar-refractivity contribution >= 4 is 24.0 Å². The van der Waals surface area contributed by atoms with Crippen molar-refractivity contribution < 1.29 is 9.90 Å². The van der Waals surface area contributed by atoms with Gasteiger partial charge < -0.3 is 16.2 Å². The summed E-state index contributed by atoms with van der Waals surface area (Å²) < 4.78 is 0. The molecule has 0 aliphatic heterocycles. The summed E-state index contributed by atoms with van der Waals surface area (Å²) in [5, 5.41) is 11.8. The molecule has 0 bridgehead atoms. The van der Waals surface area contributed by atoms with E-state index in [-0.39, 0.29) is 24.9 Å². The lowest BCUT2D eigenvalue weighted by Crippen LogP contribution is -2.37. The van der Waals surface area contributed by atoms with Crippen LogP contribution in [-0.2, 0) is 17.8 Å². The molecule has 0 saturated carbocycles. The van der Waals surface area contributed by atoms with Gasteiger partial charge in [0.2, 0.25) is 5.91 Å². The molecule has 2 rings (SSSR count). The van der Waals surface area contributed by atoms with Crippen LogP contribution in [0, 0.1) is 0 Å². The smallest absolute Gasteiger partial charge is 0.241 e. The number of anilines is 1. The van der Waals surface area contributed by atoms with Gasteiger partial charge in [-0.15, -0.1) is 12.4 Å². The first-order chi connectivity index (χ1) is 9.69. The summed E-state index contributed by atoms with van der Waals surface area (Å²) in [6.45, 7) is -0.0558. The standard InChI is InChI=1S/C16H18N2O2.ClH/c17-15(10-12-5-2-1-3-6-12)16(20)18-14-8-4-7-13(9-14)11-19;/h1-9,15,19H,10-11,17H2,(H,18,20);1H/t15-;/m0./s1. The Hall–Kier alpha value is -1.88. The first-order valence-electron chi connectivity index (χ1n) is 6.49. The summed E-state index contributed by atoms with van der Waals surface area (Å²) in [4.78, 5) is 12.0. The summed E-state index contributed by atoms with van der Waals surface area (Å²) in [5.41, 5.74) is 8.33. The van der Waals surface area contributed by atoms with Gasteiger partial charge in [0.05, 0.1) is 12.6 Å². The van der Waals surface area contributed by atoms with Crippen molar-refractivity contribution in [1.82, 2.24) is 0 Å². The van der Waals surface area contributed by atoms with Gasteiger partial charge in [0, 0.05) is 5.69 Å². The molecule has 112 valence electrons. The van der Waals surface area contributed by atoms with Gasteiger partial charge in [-0.1, -0.05) is 42.5 Å². The minimum absolute atomic E-state index is 0. The van der Waals surface area contributed by atoms with Crippen molar-refractivity contribution in [3.63, 3.8) is 0 Å². The Morgan fingerprint density at radius 2 is 1.76 bits per heavy atom. The van der Waals surface area contributed by atoms with E-state index in [4.69, 9.17) is 10.8 Å². The van der Waals surface area contributed by atoms with Crippen LogP contribution in [0.1, 0.15) is 11.1 Å². The zero-order valence-electron chi connectivity index (χ0n) is 11.5. The number of carbonyl (C=O) groups is 1. The number of nitrogens with one attached hydrogen (secondary N) is 1. The minimum Gasteiger partial charge on any atom is -0.392 e.